The summed E-state index contributed by atoms with van der Waals surface area (Å²) in [6.45, 7) is 8.04. The van der Waals surface area contributed by atoms with E-state index in [1.54, 1.807) is 0 Å². The summed E-state index contributed by atoms with van der Waals surface area (Å²) in [6.07, 6.45) is 3.52. The lowest BCUT2D eigenvalue weighted by atomic mass is 9.87. The van der Waals surface area contributed by atoms with Gasteiger partial charge in [-0.25, -0.2) is 0 Å². The Labute approximate surface area is 98.2 Å². The number of allylic oxidation sites excluding steroid dienone is 1. The summed E-state index contributed by atoms with van der Waals surface area (Å²) in [5.74, 6) is 1.17. The van der Waals surface area contributed by atoms with Gasteiger partial charge in [-0.15, -0.1) is 6.58 Å². The average Bonchev–Trinajstić information content (AvgIpc) is 2.30. The standard InChI is InChI=1S/C15H20O/c1-4-8-12(2)13(3)11-15(16)14-9-6-5-7-10-14/h4-7,9-10,12-13H,1,8,11H2,2-3H3/t12-,13+/m1/s1. The minimum absolute atomic E-state index is 0.240. The van der Waals surface area contributed by atoms with Crippen molar-refractivity contribution >= 4 is 5.78 Å². The summed E-state index contributed by atoms with van der Waals surface area (Å²) >= 11 is 0. The van der Waals surface area contributed by atoms with Crippen LogP contribution >= 0.6 is 0 Å². The van der Waals surface area contributed by atoms with Crippen LogP contribution in [-0.4, -0.2) is 5.78 Å². The van der Waals surface area contributed by atoms with Crippen LogP contribution in [-0.2, 0) is 0 Å². The highest BCUT2D eigenvalue weighted by molar-refractivity contribution is 5.96. The van der Waals surface area contributed by atoms with E-state index in [0.717, 1.165) is 12.0 Å². The molecule has 86 valence electrons. The third-order valence-corrected chi connectivity index (χ3v) is 3.11. The van der Waals surface area contributed by atoms with Gasteiger partial charge >= 0.3 is 0 Å². The average molecular weight is 216 g/mol. The minimum Gasteiger partial charge on any atom is -0.294 e. The highest BCUT2D eigenvalue weighted by Crippen LogP contribution is 2.20. The van der Waals surface area contributed by atoms with Gasteiger partial charge in [-0.3, -0.25) is 4.79 Å². The van der Waals surface area contributed by atoms with Crippen LogP contribution in [0.2, 0.25) is 0 Å². The Bertz CT molecular complexity index is 340. The van der Waals surface area contributed by atoms with E-state index in [4.69, 9.17) is 0 Å². The maximum atomic E-state index is 11.9. The zero-order valence-electron chi connectivity index (χ0n) is 10.1. The fourth-order valence-electron chi connectivity index (χ4n) is 1.73. The van der Waals surface area contributed by atoms with Crippen LogP contribution in [0, 0.1) is 11.8 Å². The Kier molecular flexibility index (Phi) is 4.97. The molecule has 1 aromatic rings. The summed E-state index contributed by atoms with van der Waals surface area (Å²) in [7, 11) is 0. The number of benzene rings is 1. The monoisotopic (exact) mass is 216 g/mol. The lowest BCUT2D eigenvalue weighted by Gasteiger charge is -2.17. The molecule has 0 N–H and O–H groups in total. The summed E-state index contributed by atoms with van der Waals surface area (Å²) in [4.78, 5) is 11.9. The van der Waals surface area contributed by atoms with Crippen molar-refractivity contribution in [2.75, 3.05) is 0 Å². The molecule has 0 radical (unpaired) electrons. The largest absolute Gasteiger partial charge is 0.294 e. The molecule has 1 rings (SSSR count). The predicted octanol–water partition coefficient (Wildman–Crippen LogP) is 4.11. The molecule has 0 spiro atoms. The molecule has 2 atom stereocenters. The summed E-state index contributed by atoms with van der Waals surface area (Å²) in [5.41, 5.74) is 0.820. The summed E-state index contributed by atoms with van der Waals surface area (Å²) in [6, 6.07) is 9.51. The molecule has 0 unspecified atom stereocenters. The Balaban J connectivity index is 2.55. The first kappa shape index (κ1) is 12.7. The SMILES string of the molecule is C=CC[C@@H](C)[C@@H](C)CC(=O)c1ccccc1. The second kappa shape index (κ2) is 6.26. The first-order valence-corrected chi connectivity index (χ1v) is 5.84. The first-order chi connectivity index (χ1) is 7.65. The fourth-order valence-corrected chi connectivity index (χ4v) is 1.73. The number of hydrogen-bond donors (Lipinski definition) is 0. The van der Waals surface area contributed by atoms with E-state index in [9.17, 15) is 4.79 Å². The first-order valence-electron chi connectivity index (χ1n) is 5.84. The van der Waals surface area contributed by atoms with Gasteiger partial charge in [0, 0.05) is 12.0 Å². The van der Waals surface area contributed by atoms with Crippen LogP contribution in [0.25, 0.3) is 0 Å². The van der Waals surface area contributed by atoms with Gasteiger partial charge in [0.15, 0.2) is 5.78 Å². The van der Waals surface area contributed by atoms with E-state index in [-0.39, 0.29) is 5.78 Å². The third kappa shape index (κ3) is 3.65. The van der Waals surface area contributed by atoms with Crippen molar-refractivity contribution in [3.63, 3.8) is 0 Å². The molecule has 0 aliphatic rings. The molecule has 0 bridgehead atoms. The van der Waals surface area contributed by atoms with Gasteiger partial charge in [0.05, 0.1) is 0 Å². The van der Waals surface area contributed by atoms with Crippen LogP contribution in [0.4, 0.5) is 0 Å². The molecule has 0 saturated carbocycles. The second-order valence-electron chi connectivity index (χ2n) is 4.47. The summed E-state index contributed by atoms with van der Waals surface area (Å²) in [5, 5.41) is 0. The van der Waals surface area contributed by atoms with E-state index in [1.165, 1.54) is 0 Å². The molecule has 0 fully saturated rings. The minimum atomic E-state index is 0.240. The highest BCUT2D eigenvalue weighted by Gasteiger charge is 2.15. The van der Waals surface area contributed by atoms with Crippen molar-refractivity contribution in [3.8, 4) is 0 Å². The predicted molar refractivity (Wildman–Crippen MR) is 68.5 cm³/mol. The number of hydrogen-bond acceptors (Lipinski definition) is 1. The van der Waals surface area contributed by atoms with Crippen LogP contribution in [0.5, 0.6) is 0 Å². The van der Waals surface area contributed by atoms with Crippen LogP contribution < -0.4 is 0 Å². The third-order valence-electron chi connectivity index (χ3n) is 3.11. The van der Waals surface area contributed by atoms with Gasteiger partial charge < -0.3 is 0 Å². The zero-order valence-corrected chi connectivity index (χ0v) is 10.1. The van der Waals surface area contributed by atoms with Crippen LogP contribution in [0.3, 0.4) is 0 Å². The van der Waals surface area contributed by atoms with Crippen molar-refractivity contribution in [1.82, 2.24) is 0 Å². The van der Waals surface area contributed by atoms with E-state index in [2.05, 4.69) is 20.4 Å². The molecule has 16 heavy (non-hydrogen) atoms. The Morgan fingerprint density at radius 3 is 2.44 bits per heavy atom. The lowest BCUT2D eigenvalue weighted by Crippen LogP contribution is -2.13. The number of Topliss-reactive ketones (excluding diaryl/α,β-unsaturated/α-hetero) is 1. The van der Waals surface area contributed by atoms with Crippen molar-refractivity contribution in [2.45, 2.75) is 26.7 Å². The van der Waals surface area contributed by atoms with E-state index in [0.29, 0.717) is 18.3 Å². The van der Waals surface area contributed by atoms with Gasteiger partial charge in [0.25, 0.3) is 0 Å². The quantitative estimate of drug-likeness (QED) is 0.516. The number of ketones is 1. The van der Waals surface area contributed by atoms with Crippen LogP contribution in [0.15, 0.2) is 43.0 Å². The Morgan fingerprint density at radius 2 is 1.88 bits per heavy atom. The van der Waals surface area contributed by atoms with Gasteiger partial charge in [-0.1, -0.05) is 50.3 Å². The fraction of sp³-hybridized carbons (Fsp3) is 0.400. The number of rotatable bonds is 6. The maximum absolute atomic E-state index is 11.9. The molecule has 0 amide bonds. The topological polar surface area (TPSA) is 17.1 Å². The molecule has 1 nitrogen and oxygen atoms in total. The van der Waals surface area contributed by atoms with E-state index < -0.39 is 0 Å². The molecule has 0 aromatic heterocycles. The summed E-state index contributed by atoms with van der Waals surface area (Å²) < 4.78 is 0. The molecule has 0 aliphatic carbocycles. The van der Waals surface area contributed by atoms with E-state index in [1.807, 2.05) is 36.4 Å². The second-order valence-corrected chi connectivity index (χ2v) is 4.47. The number of carbonyl (C=O) groups excluding carboxylic acids is 1. The van der Waals surface area contributed by atoms with Gasteiger partial charge in [0.2, 0.25) is 0 Å². The van der Waals surface area contributed by atoms with Crippen molar-refractivity contribution < 1.29 is 4.79 Å². The maximum Gasteiger partial charge on any atom is 0.163 e. The normalized spacial score (nSPS) is 14.1. The van der Waals surface area contributed by atoms with Gasteiger partial charge in [0.1, 0.15) is 0 Å². The highest BCUT2D eigenvalue weighted by atomic mass is 16.1. The van der Waals surface area contributed by atoms with E-state index >= 15 is 0 Å². The molecule has 0 saturated heterocycles. The van der Waals surface area contributed by atoms with Gasteiger partial charge in [-0.2, -0.15) is 0 Å². The molecule has 0 heterocycles. The van der Waals surface area contributed by atoms with Crippen LogP contribution in [0.1, 0.15) is 37.0 Å². The zero-order chi connectivity index (χ0) is 12.0. The van der Waals surface area contributed by atoms with Crippen molar-refractivity contribution in [3.05, 3.63) is 48.6 Å². The smallest absolute Gasteiger partial charge is 0.163 e. The molecular weight excluding hydrogens is 196 g/mol. The Morgan fingerprint density at radius 1 is 1.25 bits per heavy atom. The lowest BCUT2D eigenvalue weighted by molar-refractivity contribution is 0.0951. The van der Waals surface area contributed by atoms with Crippen molar-refractivity contribution in [1.29, 1.82) is 0 Å². The molecule has 0 aliphatic heterocycles. The van der Waals surface area contributed by atoms with Crippen molar-refractivity contribution in [2.24, 2.45) is 11.8 Å². The molecule has 1 aromatic carbocycles. The molecule has 1 heteroatoms. The molecular formula is C15H20O. The number of carbonyl (C=O) groups is 1. The Hall–Kier alpha value is -1.37. The van der Waals surface area contributed by atoms with Gasteiger partial charge in [-0.05, 0) is 18.3 Å².